The number of anilines is 2. The van der Waals surface area contributed by atoms with Gasteiger partial charge in [0, 0.05) is 23.4 Å². The molecule has 31 heavy (non-hydrogen) atoms. The van der Waals surface area contributed by atoms with E-state index in [0.29, 0.717) is 23.4 Å². The van der Waals surface area contributed by atoms with Gasteiger partial charge in [0.2, 0.25) is 5.91 Å². The Morgan fingerprint density at radius 3 is 2.06 bits per heavy atom. The van der Waals surface area contributed by atoms with E-state index in [2.05, 4.69) is 31.4 Å². The largest absolute Gasteiger partial charge is 0.326 e. The maximum absolute atomic E-state index is 13.0. The Morgan fingerprint density at radius 2 is 1.45 bits per heavy atom. The lowest BCUT2D eigenvalue weighted by Crippen LogP contribution is -2.15. The van der Waals surface area contributed by atoms with Gasteiger partial charge in [0.15, 0.2) is 0 Å². The van der Waals surface area contributed by atoms with Crippen molar-refractivity contribution in [2.24, 2.45) is 0 Å². The van der Waals surface area contributed by atoms with Crippen molar-refractivity contribution in [1.29, 1.82) is 0 Å². The molecule has 2 amide bonds. The maximum atomic E-state index is 13.0. The zero-order valence-electron chi connectivity index (χ0n) is 18.0. The van der Waals surface area contributed by atoms with E-state index in [1.54, 1.807) is 36.4 Å². The highest BCUT2D eigenvalue weighted by atomic mass is 19.1. The molecule has 3 aromatic rings. The summed E-state index contributed by atoms with van der Waals surface area (Å²) in [5.74, 6) is -0.650. The second-order valence-corrected chi connectivity index (χ2v) is 8.54. The first-order chi connectivity index (χ1) is 14.7. The summed E-state index contributed by atoms with van der Waals surface area (Å²) < 4.78 is 13.0. The van der Waals surface area contributed by atoms with E-state index in [1.807, 2.05) is 24.3 Å². The minimum absolute atomic E-state index is 0.0260. The normalized spacial score (nSPS) is 11.1. The van der Waals surface area contributed by atoms with Crippen LogP contribution < -0.4 is 10.6 Å². The van der Waals surface area contributed by atoms with E-state index >= 15 is 0 Å². The van der Waals surface area contributed by atoms with Crippen LogP contribution in [0.25, 0.3) is 0 Å². The molecule has 4 nitrogen and oxygen atoms in total. The Balaban J connectivity index is 1.57. The van der Waals surface area contributed by atoms with Gasteiger partial charge in [-0.3, -0.25) is 9.59 Å². The minimum Gasteiger partial charge on any atom is -0.326 e. The minimum atomic E-state index is -0.294. The molecule has 3 rings (SSSR count). The SMILES string of the molecule is CC(C)(C)c1ccc(C(=O)Nc2cccc(NC(=O)CCc3ccc(F)cc3)c2)cc1. The topological polar surface area (TPSA) is 58.2 Å². The van der Waals surface area contributed by atoms with E-state index in [-0.39, 0.29) is 29.5 Å². The van der Waals surface area contributed by atoms with Gasteiger partial charge in [0.25, 0.3) is 5.91 Å². The summed E-state index contributed by atoms with van der Waals surface area (Å²) >= 11 is 0. The molecule has 0 unspecified atom stereocenters. The Hall–Kier alpha value is -3.47. The molecule has 0 saturated heterocycles. The van der Waals surface area contributed by atoms with Crippen LogP contribution in [-0.4, -0.2) is 11.8 Å². The van der Waals surface area contributed by atoms with Crippen LogP contribution in [0.4, 0.5) is 15.8 Å². The fourth-order valence-corrected chi connectivity index (χ4v) is 3.13. The molecular formula is C26H27FN2O2. The molecule has 160 valence electrons. The number of carbonyl (C=O) groups excluding carboxylic acids is 2. The first-order valence-corrected chi connectivity index (χ1v) is 10.3. The van der Waals surface area contributed by atoms with Crippen LogP contribution in [0.2, 0.25) is 0 Å². The summed E-state index contributed by atoms with van der Waals surface area (Å²) in [6.45, 7) is 6.38. The van der Waals surface area contributed by atoms with Gasteiger partial charge >= 0.3 is 0 Å². The molecule has 0 spiro atoms. The summed E-state index contributed by atoms with van der Waals surface area (Å²) in [5, 5.41) is 5.70. The van der Waals surface area contributed by atoms with E-state index in [1.165, 1.54) is 12.1 Å². The highest BCUT2D eigenvalue weighted by molar-refractivity contribution is 6.04. The molecular weight excluding hydrogens is 391 g/mol. The van der Waals surface area contributed by atoms with Crippen LogP contribution >= 0.6 is 0 Å². The Kier molecular flexibility index (Phi) is 6.85. The highest BCUT2D eigenvalue weighted by Crippen LogP contribution is 2.23. The molecule has 0 fully saturated rings. The molecule has 0 heterocycles. The fraction of sp³-hybridized carbons (Fsp3) is 0.231. The zero-order valence-corrected chi connectivity index (χ0v) is 18.0. The molecule has 0 atom stereocenters. The third kappa shape index (κ3) is 6.51. The van der Waals surface area contributed by atoms with Crippen LogP contribution in [0.15, 0.2) is 72.8 Å². The van der Waals surface area contributed by atoms with Gasteiger partial charge in [-0.05, 0) is 65.4 Å². The number of carbonyl (C=O) groups is 2. The number of hydrogen-bond acceptors (Lipinski definition) is 2. The van der Waals surface area contributed by atoms with Crippen molar-refractivity contribution in [3.8, 4) is 0 Å². The van der Waals surface area contributed by atoms with Gasteiger partial charge in [0.05, 0.1) is 0 Å². The van der Waals surface area contributed by atoms with Crippen molar-refractivity contribution in [3.63, 3.8) is 0 Å². The van der Waals surface area contributed by atoms with E-state index < -0.39 is 0 Å². The number of hydrogen-bond donors (Lipinski definition) is 2. The quantitative estimate of drug-likeness (QED) is 0.520. The summed E-state index contributed by atoms with van der Waals surface area (Å²) in [7, 11) is 0. The summed E-state index contributed by atoms with van der Waals surface area (Å²) in [5.41, 5.74) is 3.86. The molecule has 0 aliphatic rings. The molecule has 5 heteroatoms. The Labute approximate surface area is 182 Å². The second kappa shape index (κ2) is 9.56. The smallest absolute Gasteiger partial charge is 0.255 e. The van der Waals surface area contributed by atoms with Crippen molar-refractivity contribution < 1.29 is 14.0 Å². The van der Waals surface area contributed by atoms with Crippen LogP contribution in [0, 0.1) is 5.82 Å². The molecule has 0 saturated carbocycles. The number of halogens is 1. The van der Waals surface area contributed by atoms with Crippen LogP contribution in [0.1, 0.15) is 48.7 Å². The number of aryl methyl sites for hydroxylation is 1. The van der Waals surface area contributed by atoms with Gasteiger partial charge in [-0.2, -0.15) is 0 Å². The second-order valence-electron chi connectivity index (χ2n) is 8.54. The summed E-state index contributed by atoms with van der Waals surface area (Å²) in [4.78, 5) is 24.8. The van der Waals surface area contributed by atoms with Crippen LogP contribution in [0.5, 0.6) is 0 Å². The van der Waals surface area contributed by atoms with Gasteiger partial charge < -0.3 is 10.6 Å². The Morgan fingerprint density at radius 1 is 0.839 bits per heavy atom. The van der Waals surface area contributed by atoms with E-state index in [4.69, 9.17) is 0 Å². The van der Waals surface area contributed by atoms with E-state index in [9.17, 15) is 14.0 Å². The lowest BCUT2D eigenvalue weighted by atomic mass is 9.87. The molecule has 0 aliphatic carbocycles. The standard InChI is InChI=1S/C26H27FN2O2/c1-26(2,3)20-12-10-19(11-13-20)25(31)29-23-6-4-5-22(17-23)28-24(30)16-9-18-7-14-21(27)15-8-18/h4-8,10-15,17H,9,16H2,1-3H3,(H,28,30)(H,29,31). The van der Waals surface area contributed by atoms with Crippen molar-refractivity contribution in [2.45, 2.75) is 39.0 Å². The first-order valence-electron chi connectivity index (χ1n) is 10.3. The monoisotopic (exact) mass is 418 g/mol. The highest BCUT2D eigenvalue weighted by Gasteiger charge is 2.14. The lowest BCUT2D eigenvalue weighted by molar-refractivity contribution is -0.116. The molecule has 3 aromatic carbocycles. The third-order valence-corrected chi connectivity index (χ3v) is 4.97. The molecule has 0 aromatic heterocycles. The van der Waals surface area contributed by atoms with Gasteiger partial charge in [-0.1, -0.05) is 51.1 Å². The van der Waals surface area contributed by atoms with E-state index in [0.717, 1.165) is 11.1 Å². The predicted octanol–water partition coefficient (Wildman–Crippen LogP) is 5.95. The molecule has 0 aliphatic heterocycles. The Bertz CT molecular complexity index is 1050. The number of benzene rings is 3. The van der Waals surface area contributed by atoms with Crippen molar-refractivity contribution in [1.82, 2.24) is 0 Å². The number of nitrogens with one attached hydrogen (secondary N) is 2. The molecule has 0 radical (unpaired) electrons. The zero-order chi connectivity index (χ0) is 22.4. The van der Waals surface area contributed by atoms with Gasteiger partial charge in [0.1, 0.15) is 5.82 Å². The van der Waals surface area contributed by atoms with Gasteiger partial charge in [-0.25, -0.2) is 4.39 Å². The van der Waals surface area contributed by atoms with Crippen molar-refractivity contribution in [2.75, 3.05) is 10.6 Å². The van der Waals surface area contributed by atoms with Crippen molar-refractivity contribution >= 4 is 23.2 Å². The first kappa shape index (κ1) is 22.2. The van der Waals surface area contributed by atoms with Gasteiger partial charge in [-0.15, -0.1) is 0 Å². The fourth-order valence-electron chi connectivity index (χ4n) is 3.13. The number of rotatable bonds is 6. The van der Waals surface area contributed by atoms with Crippen LogP contribution in [0.3, 0.4) is 0 Å². The van der Waals surface area contributed by atoms with Crippen LogP contribution in [-0.2, 0) is 16.6 Å². The van der Waals surface area contributed by atoms with Crippen molar-refractivity contribution in [3.05, 3.63) is 95.3 Å². The molecule has 2 N–H and O–H groups in total. The average Bonchev–Trinajstić information content (AvgIpc) is 2.73. The summed E-state index contributed by atoms with van der Waals surface area (Å²) in [6.07, 6.45) is 0.801. The average molecular weight is 419 g/mol. The lowest BCUT2D eigenvalue weighted by Gasteiger charge is -2.19. The molecule has 0 bridgehead atoms. The number of amides is 2. The predicted molar refractivity (Wildman–Crippen MR) is 123 cm³/mol. The maximum Gasteiger partial charge on any atom is 0.255 e. The summed E-state index contributed by atoms with van der Waals surface area (Å²) in [6, 6.07) is 20.7. The third-order valence-electron chi connectivity index (χ3n) is 4.97.